The van der Waals surface area contributed by atoms with Gasteiger partial charge in [-0.3, -0.25) is 9.59 Å². The summed E-state index contributed by atoms with van der Waals surface area (Å²) < 4.78 is 21.9. The third-order valence-electron chi connectivity index (χ3n) is 6.77. The molecule has 1 saturated heterocycles. The highest BCUT2D eigenvalue weighted by atomic mass is 32.1. The molecule has 200 valence electrons. The zero-order chi connectivity index (χ0) is 26.7. The number of rotatable bonds is 10. The van der Waals surface area contributed by atoms with Crippen molar-refractivity contribution in [3.8, 4) is 17.2 Å². The molecule has 2 aromatic rings. The van der Waals surface area contributed by atoms with Crippen LogP contribution < -0.4 is 24.2 Å². The van der Waals surface area contributed by atoms with Gasteiger partial charge in [0.1, 0.15) is 13.1 Å². The lowest BCUT2D eigenvalue weighted by Gasteiger charge is -2.30. The molecule has 1 atom stereocenters. The molecule has 2 aliphatic rings. The number of carbonyl (C=O) groups excluding carboxylic acids is 2. The second-order valence-corrected chi connectivity index (χ2v) is 10.2. The summed E-state index contributed by atoms with van der Waals surface area (Å²) in [6, 6.07) is 2.49. The molecule has 10 nitrogen and oxygen atoms in total. The van der Waals surface area contributed by atoms with Crippen LogP contribution in [0.1, 0.15) is 38.4 Å². The third-order valence-corrected chi connectivity index (χ3v) is 7.84. The molecule has 1 fully saturated rings. The van der Waals surface area contributed by atoms with E-state index in [1.165, 1.54) is 42.5 Å². The third kappa shape index (κ3) is 5.29. The van der Waals surface area contributed by atoms with Crippen LogP contribution in [0.2, 0.25) is 0 Å². The van der Waals surface area contributed by atoms with Crippen molar-refractivity contribution in [3.05, 3.63) is 44.6 Å². The van der Waals surface area contributed by atoms with Gasteiger partial charge in [-0.2, -0.15) is 0 Å². The number of morpholine rings is 1. The zero-order valence-corrected chi connectivity index (χ0v) is 22.7. The summed E-state index contributed by atoms with van der Waals surface area (Å²) in [4.78, 5) is 34.7. The lowest BCUT2D eigenvalue weighted by Crippen LogP contribution is -3.14. The molecule has 1 amide bonds. The summed E-state index contributed by atoms with van der Waals surface area (Å²) in [7, 11) is 4.49. The average Bonchev–Trinajstić information content (AvgIpc) is 3.38. The van der Waals surface area contributed by atoms with Gasteiger partial charge in [0.25, 0.3) is 0 Å². The number of hydrogen-bond acceptors (Lipinski definition) is 9. The standard InChI is InChI=1S/C26H33N3O7S/c1-15-25(37-16(2)27-15)22(30)20-21(17-13-18(33-3)24(35-5)19(14-17)34-4)29(26(32)23(20)31)8-6-7-28-9-11-36-12-10-28/h13-14,21,31H,6-12H2,1-5H3. The van der Waals surface area contributed by atoms with Crippen molar-refractivity contribution in [1.82, 2.24) is 9.88 Å². The molecule has 37 heavy (non-hydrogen) atoms. The number of benzene rings is 1. The maximum absolute atomic E-state index is 13.7. The van der Waals surface area contributed by atoms with Crippen LogP contribution in [0.4, 0.5) is 0 Å². The smallest absolute Gasteiger partial charge is 0.239 e. The van der Waals surface area contributed by atoms with E-state index in [9.17, 15) is 14.7 Å². The predicted molar refractivity (Wildman–Crippen MR) is 134 cm³/mol. The van der Waals surface area contributed by atoms with E-state index in [4.69, 9.17) is 18.9 Å². The van der Waals surface area contributed by atoms with Crippen molar-refractivity contribution in [1.29, 1.82) is 0 Å². The molecule has 0 saturated carbocycles. The average molecular weight is 532 g/mol. The van der Waals surface area contributed by atoms with Gasteiger partial charge in [-0.05, 0) is 37.3 Å². The number of aryl methyl sites for hydroxylation is 2. The second-order valence-electron chi connectivity index (χ2n) is 9.05. The van der Waals surface area contributed by atoms with E-state index in [1.807, 2.05) is 0 Å². The van der Waals surface area contributed by atoms with Gasteiger partial charge < -0.3 is 33.9 Å². The first-order valence-corrected chi connectivity index (χ1v) is 13.0. The number of Topliss-reactive ketones (excluding diaryl/α,β-unsaturated/α-hetero) is 1. The second kappa shape index (κ2) is 11.5. The number of methoxy groups -OCH3 is 3. The number of carbonyl (C=O) groups is 2. The summed E-state index contributed by atoms with van der Waals surface area (Å²) in [5, 5.41) is 14.1. The van der Waals surface area contributed by atoms with E-state index < -0.39 is 23.5 Å². The summed E-state index contributed by atoms with van der Waals surface area (Å²) in [6.45, 7) is 7.93. The van der Waals surface area contributed by atoms with Gasteiger partial charge in [0.2, 0.25) is 17.4 Å². The largest absolute Gasteiger partial charge is 0.868 e. The Balaban J connectivity index is 1.74. The first-order chi connectivity index (χ1) is 17.8. The van der Waals surface area contributed by atoms with Crippen LogP contribution in [0, 0.1) is 13.8 Å². The van der Waals surface area contributed by atoms with Crippen molar-refractivity contribution >= 4 is 23.0 Å². The minimum absolute atomic E-state index is 0.0789. The van der Waals surface area contributed by atoms with Crippen LogP contribution in [-0.2, 0) is 9.53 Å². The summed E-state index contributed by atoms with van der Waals surface area (Å²) in [5.41, 5.74) is 0.998. The normalized spacial score (nSPS) is 18.5. The predicted octanol–water partition coefficient (Wildman–Crippen LogP) is 0.472. The van der Waals surface area contributed by atoms with Crippen LogP contribution in [-0.4, -0.2) is 82.3 Å². The fourth-order valence-electron chi connectivity index (χ4n) is 4.98. The number of ketones is 1. The van der Waals surface area contributed by atoms with Gasteiger partial charge in [0.15, 0.2) is 11.5 Å². The Hall–Kier alpha value is -3.15. The highest BCUT2D eigenvalue weighted by molar-refractivity contribution is 7.14. The highest BCUT2D eigenvalue weighted by Crippen LogP contribution is 2.45. The Bertz CT molecular complexity index is 1180. The summed E-state index contributed by atoms with van der Waals surface area (Å²) in [6.07, 6.45) is 0.676. The molecular formula is C26H33N3O7S. The molecule has 2 aliphatic heterocycles. The molecule has 1 unspecified atom stereocenters. The van der Waals surface area contributed by atoms with Gasteiger partial charge >= 0.3 is 0 Å². The first-order valence-electron chi connectivity index (χ1n) is 12.2. The van der Waals surface area contributed by atoms with Crippen molar-refractivity contribution in [2.24, 2.45) is 0 Å². The minimum Gasteiger partial charge on any atom is -0.868 e. The van der Waals surface area contributed by atoms with E-state index in [0.717, 1.165) is 19.6 Å². The number of nitrogens with one attached hydrogen (secondary N) is 1. The number of amides is 1. The van der Waals surface area contributed by atoms with Crippen LogP contribution >= 0.6 is 11.3 Å². The number of aromatic nitrogens is 1. The van der Waals surface area contributed by atoms with Crippen LogP contribution in [0.15, 0.2) is 23.5 Å². The Morgan fingerprint density at radius 3 is 2.35 bits per heavy atom. The lowest BCUT2D eigenvalue weighted by molar-refractivity contribution is -0.908. The van der Waals surface area contributed by atoms with Crippen molar-refractivity contribution in [2.45, 2.75) is 26.3 Å². The Kier molecular flexibility index (Phi) is 8.35. The molecule has 0 aliphatic carbocycles. The van der Waals surface area contributed by atoms with Crippen LogP contribution in [0.3, 0.4) is 0 Å². The minimum atomic E-state index is -0.886. The lowest BCUT2D eigenvalue weighted by atomic mass is 9.94. The Labute approximate surface area is 220 Å². The number of hydrogen-bond donors (Lipinski definition) is 1. The molecule has 3 heterocycles. The fourth-order valence-corrected chi connectivity index (χ4v) is 5.85. The highest BCUT2D eigenvalue weighted by Gasteiger charge is 2.41. The van der Waals surface area contributed by atoms with Gasteiger partial charge in [0.05, 0.1) is 62.7 Å². The zero-order valence-electron chi connectivity index (χ0n) is 21.8. The van der Waals surface area contributed by atoms with Gasteiger partial charge in [-0.1, -0.05) is 0 Å². The van der Waals surface area contributed by atoms with Gasteiger partial charge in [0, 0.05) is 18.5 Å². The van der Waals surface area contributed by atoms with E-state index in [0.29, 0.717) is 64.6 Å². The van der Waals surface area contributed by atoms with Crippen molar-refractivity contribution in [2.75, 3.05) is 60.7 Å². The van der Waals surface area contributed by atoms with Crippen LogP contribution in [0.25, 0.3) is 0 Å². The Morgan fingerprint density at radius 2 is 1.81 bits per heavy atom. The molecule has 0 radical (unpaired) electrons. The summed E-state index contributed by atoms with van der Waals surface area (Å²) >= 11 is 1.22. The fraction of sp³-hybridized carbons (Fsp3) is 0.500. The molecule has 1 N–H and O–H groups in total. The van der Waals surface area contributed by atoms with E-state index >= 15 is 0 Å². The molecule has 1 aromatic heterocycles. The molecule has 11 heteroatoms. The number of nitrogens with zero attached hydrogens (tertiary/aromatic N) is 2. The van der Waals surface area contributed by atoms with E-state index in [1.54, 1.807) is 26.0 Å². The first kappa shape index (κ1) is 26.9. The molecule has 1 aromatic carbocycles. The SMILES string of the molecule is COc1cc(C2C(C(=O)c3sc(C)nc3C)=C([O-])C(=O)N2CCC[NH+]2CCOCC2)cc(OC)c1OC. The maximum atomic E-state index is 13.7. The van der Waals surface area contributed by atoms with E-state index in [2.05, 4.69) is 4.98 Å². The Morgan fingerprint density at radius 1 is 1.16 bits per heavy atom. The van der Waals surface area contributed by atoms with Gasteiger partial charge in [-0.15, -0.1) is 11.3 Å². The molecular weight excluding hydrogens is 498 g/mol. The van der Waals surface area contributed by atoms with Crippen molar-refractivity contribution < 1.29 is 38.5 Å². The van der Waals surface area contributed by atoms with Crippen LogP contribution in [0.5, 0.6) is 17.2 Å². The number of ether oxygens (including phenoxy) is 4. The number of thiazole rings is 1. The number of quaternary nitrogens is 1. The molecule has 0 spiro atoms. The van der Waals surface area contributed by atoms with Gasteiger partial charge in [-0.25, -0.2) is 4.98 Å². The van der Waals surface area contributed by atoms with Crippen molar-refractivity contribution in [3.63, 3.8) is 0 Å². The topological polar surface area (TPSA) is 115 Å². The summed E-state index contributed by atoms with van der Waals surface area (Å²) in [5.74, 6) is -0.808. The monoisotopic (exact) mass is 531 g/mol. The quantitative estimate of drug-likeness (QED) is 0.440. The van der Waals surface area contributed by atoms with E-state index in [-0.39, 0.29) is 5.57 Å². The molecule has 4 rings (SSSR count). The molecule has 0 bridgehead atoms. The maximum Gasteiger partial charge on any atom is 0.239 e.